The fraction of sp³-hybridized carbons (Fsp3) is 0.686. The van der Waals surface area contributed by atoms with E-state index in [9.17, 15) is 50.3 Å². The van der Waals surface area contributed by atoms with Gasteiger partial charge in [-0.15, -0.1) is 12.4 Å². The Balaban J connectivity index is 0.000000270. The fourth-order valence-corrected chi connectivity index (χ4v) is 14.8. The number of aryl methyl sites for hydroxylation is 5. The highest BCUT2D eigenvalue weighted by atomic mass is 79.9. The Hall–Kier alpha value is -9.24. The molecule has 0 radical (unpaired) electrons. The van der Waals surface area contributed by atoms with Crippen molar-refractivity contribution in [3.05, 3.63) is 93.9 Å². The molecule has 5 amide bonds. The van der Waals surface area contributed by atoms with Gasteiger partial charge in [0.25, 0.3) is 0 Å². The van der Waals surface area contributed by atoms with Gasteiger partial charge in [0.05, 0.1) is 89.8 Å². The Labute approximate surface area is 752 Å². The number of alkyl halides is 6. The number of carbonyl (C=O) groups excluding carboxylic acids is 5. The molecule has 40 heteroatoms. The van der Waals surface area contributed by atoms with Gasteiger partial charge in [0, 0.05) is 48.3 Å². The van der Waals surface area contributed by atoms with Gasteiger partial charge in [-0.1, -0.05) is 20.4 Å². The number of ether oxygens (including phenoxy) is 5. The molecule has 6 aliphatic rings. The van der Waals surface area contributed by atoms with Gasteiger partial charge in [-0.25, -0.2) is 63.8 Å². The van der Waals surface area contributed by atoms with Gasteiger partial charge in [0.1, 0.15) is 55.8 Å². The summed E-state index contributed by atoms with van der Waals surface area (Å²) in [4.78, 5) is 100. The molecule has 5 aromatic heterocycles. The number of nitrogens with two attached hydrogens (primary N) is 2. The van der Waals surface area contributed by atoms with E-state index in [1.807, 2.05) is 89.3 Å². The largest absolute Gasteiger partial charge is 0.444 e. The van der Waals surface area contributed by atoms with Crippen LogP contribution in [0.3, 0.4) is 0 Å². The maximum atomic E-state index is 12.6. The van der Waals surface area contributed by atoms with E-state index < -0.39 is 63.9 Å². The Morgan fingerprint density at radius 2 is 0.667 bits per heavy atom. The highest BCUT2D eigenvalue weighted by Gasteiger charge is 2.39. The molecule has 0 spiro atoms. The summed E-state index contributed by atoms with van der Waals surface area (Å²) in [6.07, 6.45) is 17.1. The molecule has 12 atom stereocenters. The first kappa shape index (κ1) is 107. The van der Waals surface area contributed by atoms with Crippen molar-refractivity contribution in [2.24, 2.45) is 11.5 Å². The van der Waals surface area contributed by atoms with E-state index in [2.05, 4.69) is 139 Å². The average molecular weight is 1870 g/mol. The lowest BCUT2D eigenvalue weighted by atomic mass is 10.1. The molecule has 0 aromatic carbocycles. The number of aromatic nitrogens is 10. The number of hydrogen-bond donors (Lipinski definition) is 12. The second-order valence-electron chi connectivity index (χ2n) is 36.9. The van der Waals surface area contributed by atoms with Crippen LogP contribution < -0.4 is 64.6 Å². The van der Waals surface area contributed by atoms with Crippen molar-refractivity contribution < 1.29 is 74.0 Å². The van der Waals surface area contributed by atoms with Crippen molar-refractivity contribution in [3.8, 4) is 0 Å². The molecule has 32 nitrogen and oxygen atoms in total. The fourth-order valence-electron chi connectivity index (χ4n) is 14.4. The van der Waals surface area contributed by atoms with Crippen LogP contribution in [0.4, 0.5) is 79.4 Å². The zero-order chi connectivity index (χ0) is 93.2. The molecule has 0 aliphatic heterocycles. The summed E-state index contributed by atoms with van der Waals surface area (Å²) >= 11 is 3.01. The molecule has 0 bridgehead atoms. The van der Waals surface area contributed by atoms with Crippen molar-refractivity contribution in [2.75, 3.05) is 26.6 Å². The van der Waals surface area contributed by atoms with Crippen LogP contribution in [-0.4, -0.2) is 181 Å². The van der Waals surface area contributed by atoms with E-state index in [0.717, 1.165) is 174 Å². The third-order valence-corrected chi connectivity index (χ3v) is 20.6. The lowest BCUT2D eigenvalue weighted by molar-refractivity contribution is -0.142. The minimum atomic E-state index is -4.55. The standard InChI is InChI=1S/C17H28N4O2.C17H26N4O2.C15H20BrF3N4O2.C15H21F3N4O2.C12H20N4.C10H20N2O2.ClH/c2*1-6-12-15(18-10-11(2)19-12)20-13-8-7-9-14(13)21-16(22)23-17(3,4)5;1-14(2,3)25-13(24)22-9-6-4-5-8(9)21-12-11(16)23-10(7-20-12)15(17,18)19;1-14(2,3)24-13(23)22-10-6-4-5-9(10)21-12-8-19-11(7-20-12)15(16,17)18;1-3-10-12(14-7-8(2)15-10)16-11-6-4-5-9(11)13;1-10(2,3)14-9(13)12-8-6-4-5-7(8)11;/h10,13-14H,6-9H2,1-5H3,(H,18,20)(H,21,22);6,10,13-14H,1,7-9H2,2-5H3,(H,18,20)(H,21,22);7-9H,4-6H2,1-3H3,(H,20,21)(H,22,24);7-10H,4-6H2,1-3H3,(H,20,21)(H,22,23);7,9,11H,3-6,13H2,1-2H3,(H,14,16);7-8H,4-6,11H2,1-3H3,(H,12,13);1H/t2*13-,14-;8-,9-;9-,10-;9-,11-;7-,8-;/m000000./s1. The highest BCUT2D eigenvalue weighted by Crippen LogP contribution is 2.34. The Morgan fingerprint density at radius 3 is 0.984 bits per heavy atom. The summed E-state index contributed by atoms with van der Waals surface area (Å²) in [5, 5.41) is 30.7. The summed E-state index contributed by atoms with van der Waals surface area (Å²) in [5.41, 5.74) is 12.6. The summed E-state index contributed by atoms with van der Waals surface area (Å²) < 4.78 is 102. The van der Waals surface area contributed by atoms with Crippen LogP contribution in [0.25, 0.3) is 6.08 Å². The average Bonchev–Trinajstić information content (AvgIpc) is 1.28. The third kappa shape index (κ3) is 38.8. The summed E-state index contributed by atoms with van der Waals surface area (Å²) in [7, 11) is 0. The van der Waals surface area contributed by atoms with Gasteiger partial charge in [-0.05, 0) is 275 Å². The molecule has 6 saturated carbocycles. The van der Waals surface area contributed by atoms with E-state index in [-0.39, 0.29) is 113 Å². The highest BCUT2D eigenvalue weighted by molar-refractivity contribution is 9.10. The lowest BCUT2D eigenvalue weighted by Crippen LogP contribution is -2.45. The summed E-state index contributed by atoms with van der Waals surface area (Å²) in [6.45, 7) is 41.1. The summed E-state index contributed by atoms with van der Waals surface area (Å²) in [6, 6.07) is 0.446. The predicted octanol–water partition coefficient (Wildman–Crippen LogP) is 17.4. The molecule has 14 N–H and O–H groups in total. The van der Waals surface area contributed by atoms with Gasteiger partial charge in [-0.2, -0.15) is 26.3 Å². The zero-order valence-electron chi connectivity index (χ0n) is 76.6. The Bertz CT molecular complexity index is 4290. The number of anilines is 5. The molecule has 5 heterocycles. The molecule has 6 fully saturated rings. The van der Waals surface area contributed by atoms with Crippen molar-refractivity contribution in [1.82, 2.24) is 76.4 Å². The Morgan fingerprint density at radius 1 is 0.381 bits per heavy atom. The molecule has 706 valence electrons. The number of alkyl carbamates (subject to hydrolysis) is 5. The maximum absolute atomic E-state index is 12.6. The normalized spacial score (nSPS) is 22.1. The molecule has 5 aromatic rings. The number of hydrogen-bond acceptors (Lipinski definition) is 27. The molecular formula is C86H136BrClF6N22O10. The number of nitrogens with zero attached hydrogens (tertiary/aromatic N) is 10. The van der Waals surface area contributed by atoms with Crippen LogP contribution in [0.15, 0.2) is 48.4 Å². The SMILES string of the molecule is C=Cc1nc(C)cnc1N[C@H]1CCC[C@@H]1NC(=O)OC(C)(C)C.CC(C)(C)OC(=O)N[C@H]1CCC[C@@H]1N.CC(C)(C)OC(=O)N[C@H]1CCC[C@@H]1Nc1cnc(C(F)(F)F)cn1.CC(C)(C)OC(=O)N[C@H]1CCC[C@@H]1Nc1ncc(C(F)(F)F)nc1Br.CCc1nc(C)cnc1N[C@H]1CCC[C@@H]1N.CCc1nc(C)cnc1N[C@H]1CCC[C@@H]1NC(=O)OC(C)(C)C.Cl. The van der Waals surface area contributed by atoms with Crippen LogP contribution in [0.1, 0.15) is 279 Å². The molecule has 6 aliphatic carbocycles. The summed E-state index contributed by atoms with van der Waals surface area (Å²) in [5.74, 6) is 2.88. The molecular weight excluding hydrogens is 1730 g/mol. The number of halogens is 8. The number of rotatable bonds is 18. The monoisotopic (exact) mass is 1860 g/mol. The molecule has 0 saturated heterocycles. The third-order valence-electron chi connectivity index (χ3n) is 20.0. The van der Waals surface area contributed by atoms with Gasteiger partial charge < -0.3 is 88.3 Å². The van der Waals surface area contributed by atoms with E-state index in [4.69, 9.17) is 35.2 Å². The van der Waals surface area contributed by atoms with Crippen LogP contribution in [-0.2, 0) is 48.9 Å². The first-order chi connectivity index (χ1) is 58.1. The molecule has 0 unspecified atom stereocenters. The van der Waals surface area contributed by atoms with Crippen molar-refractivity contribution >= 4 is 94.0 Å². The number of amides is 5. The molecule has 126 heavy (non-hydrogen) atoms. The van der Waals surface area contributed by atoms with Crippen molar-refractivity contribution in [2.45, 2.75) is 380 Å². The maximum Gasteiger partial charge on any atom is 0.434 e. The van der Waals surface area contributed by atoms with Crippen molar-refractivity contribution in [3.63, 3.8) is 0 Å². The lowest BCUT2D eigenvalue weighted by Gasteiger charge is -2.26. The van der Waals surface area contributed by atoms with E-state index in [1.54, 1.807) is 60.0 Å². The minimum Gasteiger partial charge on any atom is -0.444 e. The van der Waals surface area contributed by atoms with Crippen LogP contribution in [0, 0.1) is 20.8 Å². The topological polar surface area (TPSA) is 433 Å². The van der Waals surface area contributed by atoms with Crippen LogP contribution in [0.5, 0.6) is 0 Å². The second-order valence-corrected chi connectivity index (χ2v) is 37.6. The molecule has 11 rings (SSSR count). The van der Waals surface area contributed by atoms with Gasteiger partial charge >= 0.3 is 42.8 Å². The first-order valence-electron chi connectivity index (χ1n) is 43.1. The smallest absolute Gasteiger partial charge is 0.434 e. The van der Waals surface area contributed by atoms with E-state index >= 15 is 0 Å². The number of nitrogens with one attached hydrogen (secondary N) is 10. The quantitative estimate of drug-likeness (QED) is 0.0286. The van der Waals surface area contributed by atoms with Gasteiger partial charge in [0.2, 0.25) is 0 Å². The zero-order valence-corrected chi connectivity index (χ0v) is 79.0. The van der Waals surface area contributed by atoms with Crippen LogP contribution in [0.2, 0.25) is 0 Å². The Kier molecular flexibility index (Phi) is 41.1. The van der Waals surface area contributed by atoms with Crippen LogP contribution >= 0.6 is 28.3 Å². The first-order valence-corrected chi connectivity index (χ1v) is 43.9. The minimum absolute atomic E-state index is 0. The van der Waals surface area contributed by atoms with Gasteiger partial charge in [-0.3, -0.25) is 9.97 Å². The number of carbonyl (C=O) groups is 5. The van der Waals surface area contributed by atoms with Crippen molar-refractivity contribution in [1.29, 1.82) is 0 Å². The van der Waals surface area contributed by atoms with E-state index in [0.29, 0.717) is 24.3 Å². The predicted molar refractivity (Wildman–Crippen MR) is 480 cm³/mol. The van der Waals surface area contributed by atoms with E-state index in [1.165, 1.54) is 6.42 Å². The van der Waals surface area contributed by atoms with Gasteiger partial charge in [0.15, 0.2) is 23.0 Å². The second kappa shape index (κ2) is 48.2.